The number of rotatable bonds is 2. The van der Waals surface area contributed by atoms with Gasteiger partial charge in [0.25, 0.3) is 5.91 Å². The average Bonchev–Trinajstić information content (AvgIpc) is 3.29. The fourth-order valence-electron chi connectivity index (χ4n) is 4.45. The first-order valence-corrected chi connectivity index (χ1v) is 11.1. The molecule has 1 fully saturated rings. The van der Waals surface area contributed by atoms with Crippen molar-refractivity contribution < 1.29 is 4.79 Å². The molecule has 1 aliphatic heterocycles. The van der Waals surface area contributed by atoms with Crippen LogP contribution in [0.5, 0.6) is 0 Å². The van der Waals surface area contributed by atoms with Gasteiger partial charge in [-0.1, -0.05) is 13.8 Å². The standard InChI is InChI=1S/C20H26N6OS/c1-4-24-7-9-25(10-8-24)20(27)17-22-18-16-14-11-12(2)5-6-15(14)28-19(16)21-13(3)26(18)23-17/h12H,4-11H2,1-3H3/t12-/m1/s1. The molecule has 1 saturated heterocycles. The molecular formula is C20H26N6OS. The predicted octanol–water partition coefficient (Wildman–Crippen LogP) is 2.55. The topological polar surface area (TPSA) is 66.6 Å². The summed E-state index contributed by atoms with van der Waals surface area (Å²) in [6, 6.07) is 0. The molecule has 0 unspecified atom stereocenters. The van der Waals surface area contributed by atoms with Gasteiger partial charge in [0.15, 0.2) is 5.65 Å². The minimum absolute atomic E-state index is 0.0653. The first kappa shape index (κ1) is 18.0. The van der Waals surface area contributed by atoms with Crippen LogP contribution in [0.1, 0.15) is 47.2 Å². The van der Waals surface area contributed by atoms with E-state index in [2.05, 4.69) is 23.8 Å². The largest absolute Gasteiger partial charge is 0.333 e. The minimum Gasteiger partial charge on any atom is -0.333 e. The number of carbonyl (C=O) groups is 1. The summed E-state index contributed by atoms with van der Waals surface area (Å²) < 4.78 is 1.77. The number of fused-ring (bicyclic) bond motifs is 5. The zero-order chi connectivity index (χ0) is 19.4. The number of nitrogens with zero attached hydrogens (tertiary/aromatic N) is 6. The number of carbonyl (C=O) groups excluding carboxylic acids is 1. The number of likely N-dealkylation sites (N-methyl/N-ethyl adjacent to an activating group) is 1. The lowest BCUT2D eigenvalue weighted by atomic mass is 9.89. The van der Waals surface area contributed by atoms with E-state index in [1.807, 2.05) is 11.8 Å². The van der Waals surface area contributed by atoms with Crippen LogP contribution in [0, 0.1) is 12.8 Å². The van der Waals surface area contributed by atoms with Gasteiger partial charge in [0, 0.05) is 31.1 Å². The lowest BCUT2D eigenvalue weighted by molar-refractivity contribution is 0.0631. The van der Waals surface area contributed by atoms with E-state index < -0.39 is 0 Å². The highest BCUT2D eigenvalue weighted by atomic mass is 32.1. The second-order valence-electron chi connectivity index (χ2n) is 8.09. The minimum atomic E-state index is -0.0653. The Morgan fingerprint density at radius 2 is 2.00 bits per heavy atom. The molecule has 0 saturated carbocycles. The quantitative estimate of drug-likeness (QED) is 0.664. The molecule has 1 aliphatic carbocycles. The summed E-state index contributed by atoms with van der Waals surface area (Å²) in [5.74, 6) is 1.69. The Morgan fingerprint density at radius 1 is 1.21 bits per heavy atom. The van der Waals surface area contributed by atoms with Crippen molar-refractivity contribution in [3.8, 4) is 0 Å². The summed E-state index contributed by atoms with van der Waals surface area (Å²) in [6.07, 6.45) is 3.41. The molecule has 5 rings (SSSR count). The summed E-state index contributed by atoms with van der Waals surface area (Å²) in [7, 11) is 0. The van der Waals surface area contributed by atoms with Crippen molar-refractivity contribution in [3.05, 3.63) is 22.1 Å². The Bertz CT molecular complexity index is 1060. The number of aryl methyl sites for hydroxylation is 2. The van der Waals surface area contributed by atoms with Gasteiger partial charge in [-0.3, -0.25) is 4.79 Å². The third kappa shape index (κ3) is 2.81. The third-order valence-corrected chi connectivity index (χ3v) is 7.37. The van der Waals surface area contributed by atoms with Gasteiger partial charge in [-0.15, -0.1) is 16.4 Å². The van der Waals surface area contributed by atoms with E-state index in [-0.39, 0.29) is 5.91 Å². The average molecular weight is 399 g/mol. The lowest BCUT2D eigenvalue weighted by Crippen LogP contribution is -2.48. The molecule has 3 aromatic rings. The van der Waals surface area contributed by atoms with E-state index in [4.69, 9.17) is 9.97 Å². The highest BCUT2D eigenvalue weighted by molar-refractivity contribution is 7.19. The van der Waals surface area contributed by atoms with Crippen molar-refractivity contribution in [2.75, 3.05) is 32.7 Å². The molecular weight excluding hydrogens is 372 g/mol. The third-order valence-electron chi connectivity index (χ3n) is 6.19. The smallest absolute Gasteiger partial charge is 0.293 e. The van der Waals surface area contributed by atoms with Gasteiger partial charge in [0.2, 0.25) is 5.82 Å². The molecule has 4 heterocycles. The molecule has 2 aliphatic rings. The van der Waals surface area contributed by atoms with Crippen LogP contribution in [-0.4, -0.2) is 68.0 Å². The fourth-order valence-corrected chi connectivity index (χ4v) is 5.70. The number of aromatic nitrogens is 4. The number of hydrogen-bond acceptors (Lipinski definition) is 6. The molecule has 148 valence electrons. The second kappa shape index (κ2) is 6.77. The van der Waals surface area contributed by atoms with Gasteiger partial charge < -0.3 is 9.80 Å². The van der Waals surface area contributed by atoms with Crippen molar-refractivity contribution in [2.24, 2.45) is 5.92 Å². The SMILES string of the molecule is CCN1CCN(C(=O)c2nc3c4c5c(sc4nc(C)n3n2)CC[C@@H](C)C5)CC1. The van der Waals surface area contributed by atoms with Gasteiger partial charge in [-0.05, 0) is 44.2 Å². The van der Waals surface area contributed by atoms with Crippen LogP contribution in [0.2, 0.25) is 0 Å². The zero-order valence-corrected chi connectivity index (χ0v) is 17.6. The molecule has 7 nitrogen and oxygen atoms in total. The molecule has 1 amide bonds. The fraction of sp³-hybridized carbons (Fsp3) is 0.600. The summed E-state index contributed by atoms with van der Waals surface area (Å²) in [4.78, 5) is 29.3. The maximum absolute atomic E-state index is 13.0. The van der Waals surface area contributed by atoms with Crippen molar-refractivity contribution in [2.45, 2.75) is 40.0 Å². The van der Waals surface area contributed by atoms with Gasteiger partial charge in [0.1, 0.15) is 10.7 Å². The van der Waals surface area contributed by atoms with Crippen LogP contribution in [0.3, 0.4) is 0 Å². The van der Waals surface area contributed by atoms with E-state index in [1.54, 1.807) is 15.9 Å². The van der Waals surface area contributed by atoms with Crippen LogP contribution >= 0.6 is 11.3 Å². The highest BCUT2D eigenvalue weighted by Gasteiger charge is 2.28. The van der Waals surface area contributed by atoms with Crippen molar-refractivity contribution in [1.29, 1.82) is 0 Å². The van der Waals surface area contributed by atoms with Crippen LogP contribution < -0.4 is 0 Å². The van der Waals surface area contributed by atoms with Crippen molar-refractivity contribution in [3.63, 3.8) is 0 Å². The Hall–Kier alpha value is -2.06. The number of amides is 1. The number of piperazine rings is 1. The monoisotopic (exact) mass is 398 g/mol. The lowest BCUT2D eigenvalue weighted by Gasteiger charge is -2.33. The van der Waals surface area contributed by atoms with Gasteiger partial charge in [0.05, 0.1) is 5.39 Å². The summed E-state index contributed by atoms with van der Waals surface area (Å²) in [6.45, 7) is 10.7. The normalized spacial score (nSPS) is 20.8. The van der Waals surface area contributed by atoms with E-state index >= 15 is 0 Å². The number of hydrogen-bond donors (Lipinski definition) is 0. The molecule has 3 aromatic heterocycles. The maximum Gasteiger partial charge on any atom is 0.293 e. The van der Waals surface area contributed by atoms with E-state index in [0.29, 0.717) is 11.7 Å². The van der Waals surface area contributed by atoms with Crippen LogP contribution in [-0.2, 0) is 12.8 Å². The van der Waals surface area contributed by atoms with Gasteiger partial charge in [-0.25, -0.2) is 9.97 Å². The molecule has 8 heteroatoms. The van der Waals surface area contributed by atoms with E-state index in [9.17, 15) is 4.79 Å². The molecule has 0 N–H and O–H groups in total. The Kier molecular flexibility index (Phi) is 4.35. The molecule has 0 spiro atoms. The zero-order valence-electron chi connectivity index (χ0n) is 16.7. The molecule has 1 atom stereocenters. The number of thiophene rings is 1. The first-order chi connectivity index (χ1) is 13.5. The van der Waals surface area contributed by atoms with Crippen LogP contribution in [0.15, 0.2) is 0 Å². The van der Waals surface area contributed by atoms with Gasteiger partial charge >= 0.3 is 0 Å². The Balaban J connectivity index is 1.57. The van der Waals surface area contributed by atoms with E-state index in [1.165, 1.54) is 16.9 Å². The Labute approximate surface area is 168 Å². The molecule has 0 radical (unpaired) electrons. The van der Waals surface area contributed by atoms with Gasteiger partial charge in [-0.2, -0.15) is 4.52 Å². The van der Waals surface area contributed by atoms with Crippen molar-refractivity contribution >= 4 is 33.1 Å². The molecule has 0 aromatic carbocycles. The summed E-state index contributed by atoms with van der Waals surface area (Å²) in [5, 5.41) is 5.68. The van der Waals surface area contributed by atoms with Crippen LogP contribution in [0.25, 0.3) is 15.9 Å². The maximum atomic E-state index is 13.0. The predicted molar refractivity (Wildman–Crippen MR) is 110 cm³/mol. The first-order valence-electron chi connectivity index (χ1n) is 10.2. The summed E-state index contributed by atoms with van der Waals surface area (Å²) in [5.41, 5.74) is 2.17. The summed E-state index contributed by atoms with van der Waals surface area (Å²) >= 11 is 1.79. The Morgan fingerprint density at radius 3 is 2.75 bits per heavy atom. The second-order valence-corrected chi connectivity index (χ2v) is 9.17. The van der Waals surface area contributed by atoms with Crippen molar-refractivity contribution in [1.82, 2.24) is 29.4 Å². The van der Waals surface area contributed by atoms with Crippen LogP contribution in [0.4, 0.5) is 0 Å². The van der Waals surface area contributed by atoms with E-state index in [0.717, 1.165) is 67.3 Å². The highest BCUT2D eigenvalue weighted by Crippen LogP contribution is 2.39. The molecule has 28 heavy (non-hydrogen) atoms. The molecule has 0 bridgehead atoms.